The second-order valence-corrected chi connectivity index (χ2v) is 3.36. The molecule has 2 heteroatoms. The molecule has 1 N–H and O–H groups in total. The van der Waals surface area contributed by atoms with E-state index in [0.29, 0.717) is 11.5 Å². The third-order valence-electron chi connectivity index (χ3n) is 2.02. The SMILES string of the molecule is CC(C)c1cccc([C@H](O)C#N)c1. The van der Waals surface area contributed by atoms with E-state index in [1.54, 1.807) is 12.1 Å². The summed E-state index contributed by atoms with van der Waals surface area (Å²) in [7, 11) is 0. The Morgan fingerprint density at radius 2 is 1.92 bits per heavy atom. The molecule has 1 aromatic rings. The van der Waals surface area contributed by atoms with Gasteiger partial charge in [0, 0.05) is 0 Å². The van der Waals surface area contributed by atoms with Gasteiger partial charge in [0.2, 0.25) is 0 Å². The zero-order chi connectivity index (χ0) is 9.84. The van der Waals surface area contributed by atoms with E-state index < -0.39 is 6.10 Å². The molecule has 1 aromatic carbocycles. The van der Waals surface area contributed by atoms with E-state index in [9.17, 15) is 5.11 Å². The maximum absolute atomic E-state index is 9.27. The van der Waals surface area contributed by atoms with Crippen molar-refractivity contribution in [1.29, 1.82) is 5.26 Å². The summed E-state index contributed by atoms with van der Waals surface area (Å²) in [5.74, 6) is 0.422. The van der Waals surface area contributed by atoms with Gasteiger partial charge in [-0.05, 0) is 17.0 Å². The predicted octanol–water partition coefficient (Wildman–Crippen LogP) is 2.37. The highest BCUT2D eigenvalue weighted by molar-refractivity contribution is 5.29. The van der Waals surface area contributed by atoms with Crippen LogP contribution in [0.4, 0.5) is 0 Å². The quantitative estimate of drug-likeness (QED) is 0.701. The third kappa shape index (κ3) is 2.30. The van der Waals surface area contributed by atoms with Crippen LogP contribution in [0.5, 0.6) is 0 Å². The maximum atomic E-state index is 9.27. The van der Waals surface area contributed by atoms with Crippen molar-refractivity contribution in [1.82, 2.24) is 0 Å². The first-order valence-electron chi connectivity index (χ1n) is 4.32. The Bertz CT molecular complexity index is 325. The molecule has 0 radical (unpaired) electrons. The average Bonchev–Trinajstić information content (AvgIpc) is 2.17. The van der Waals surface area contributed by atoms with Crippen molar-refractivity contribution in [2.45, 2.75) is 25.9 Å². The van der Waals surface area contributed by atoms with E-state index in [4.69, 9.17) is 5.26 Å². The van der Waals surface area contributed by atoms with E-state index in [0.717, 1.165) is 5.56 Å². The van der Waals surface area contributed by atoms with Crippen molar-refractivity contribution in [2.24, 2.45) is 0 Å². The average molecular weight is 175 g/mol. The van der Waals surface area contributed by atoms with Crippen LogP contribution in [-0.4, -0.2) is 5.11 Å². The van der Waals surface area contributed by atoms with Crippen LogP contribution in [-0.2, 0) is 0 Å². The van der Waals surface area contributed by atoms with Crippen LogP contribution < -0.4 is 0 Å². The van der Waals surface area contributed by atoms with E-state index >= 15 is 0 Å². The summed E-state index contributed by atoms with van der Waals surface area (Å²) in [4.78, 5) is 0. The highest BCUT2D eigenvalue weighted by Crippen LogP contribution is 2.19. The first-order valence-corrected chi connectivity index (χ1v) is 4.32. The van der Waals surface area contributed by atoms with Gasteiger partial charge in [-0.15, -0.1) is 0 Å². The maximum Gasteiger partial charge on any atom is 0.165 e. The molecule has 13 heavy (non-hydrogen) atoms. The van der Waals surface area contributed by atoms with E-state index in [-0.39, 0.29) is 0 Å². The molecule has 68 valence electrons. The molecule has 0 fully saturated rings. The molecule has 2 nitrogen and oxygen atoms in total. The first kappa shape index (κ1) is 9.76. The Balaban J connectivity index is 3.00. The molecule has 0 spiro atoms. The number of hydrogen-bond acceptors (Lipinski definition) is 2. The molecule has 0 saturated heterocycles. The van der Waals surface area contributed by atoms with Gasteiger partial charge in [-0.25, -0.2) is 0 Å². The normalized spacial score (nSPS) is 12.5. The summed E-state index contributed by atoms with van der Waals surface area (Å²) in [6.45, 7) is 4.16. The lowest BCUT2D eigenvalue weighted by Gasteiger charge is -2.08. The molecular formula is C11H13NO. The van der Waals surface area contributed by atoms with Crippen LogP contribution in [0.3, 0.4) is 0 Å². The van der Waals surface area contributed by atoms with Gasteiger partial charge in [0.25, 0.3) is 0 Å². The molecule has 0 aliphatic heterocycles. The van der Waals surface area contributed by atoms with Gasteiger partial charge in [-0.1, -0.05) is 38.1 Å². The standard InChI is InChI=1S/C11H13NO/c1-8(2)9-4-3-5-10(6-9)11(13)7-12/h3-6,8,11,13H,1-2H3/t11-/m1/s1. The Morgan fingerprint density at radius 3 is 2.46 bits per heavy atom. The first-order chi connectivity index (χ1) is 6.15. The largest absolute Gasteiger partial charge is 0.374 e. The topological polar surface area (TPSA) is 44.0 Å². The summed E-state index contributed by atoms with van der Waals surface area (Å²) in [5, 5.41) is 17.8. The molecule has 0 amide bonds. The summed E-state index contributed by atoms with van der Waals surface area (Å²) < 4.78 is 0. The molecule has 0 aliphatic rings. The van der Waals surface area contributed by atoms with Gasteiger partial charge in [-0.2, -0.15) is 5.26 Å². The predicted molar refractivity (Wildman–Crippen MR) is 51.1 cm³/mol. The van der Waals surface area contributed by atoms with Gasteiger partial charge in [0.05, 0.1) is 6.07 Å². The molecule has 0 bridgehead atoms. The minimum atomic E-state index is -1.00. The van der Waals surface area contributed by atoms with Gasteiger partial charge in [0.15, 0.2) is 6.10 Å². The molecule has 0 aromatic heterocycles. The van der Waals surface area contributed by atoms with Gasteiger partial charge >= 0.3 is 0 Å². The van der Waals surface area contributed by atoms with Crippen molar-refractivity contribution in [3.8, 4) is 6.07 Å². The second kappa shape index (κ2) is 4.06. The number of aliphatic hydroxyl groups excluding tert-OH is 1. The Hall–Kier alpha value is -1.33. The smallest absolute Gasteiger partial charge is 0.165 e. The number of aliphatic hydroxyl groups is 1. The molecule has 0 heterocycles. The highest BCUT2D eigenvalue weighted by atomic mass is 16.3. The zero-order valence-corrected chi connectivity index (χ0v) is 7.86. The van der Waals surface area contributed by atoms with Crippen molar-refractivity contribution >= 4 is 0 Å². The van der Waals surface area contributed by atoms with Crippen LogP contribution in [0.2, 0.25) is 0 Å². The fourth-order valence-electron chi connectivity index (χ4n) is 1.16. The number of nitrogens with zero attached hydrogens (tertiary/aromatic N) is 1. The number of nitriles is 1. The van der Waals surface area contributed by atoms with Crippen molar-refractivity contribution in [2.75, 3.05) is 0 Å². The van der Waals surface area contributed by atoms with E-state index in [2.05, 4.69) is 13.8 Å². The van der Waals surface area contributed by atoms with Gasteiger partial charge < -0.3 is 5.11 Å². The van der Waals surface area contributed by atoms with Crippen LogP contribution in [0.15, 0.2) is 24.3 Å². The van der Waals surface area contributed by atoms with Crippen molar-refractivity contribution < 1.29 is 5.11 Å². The Morgan fingerprint density at radius 1 is 1.31 bits per heavy atom. The second-order valence-electron chi connectivity index (χ2n) is 3.36. The van der Waals surface area contributed by atoms with Crippen LogP contribution in [0.25, 0.3) is 0 Å². The molecular weight excluding hydrogens is 162 g/mol. The molecule has 1 atom stereocenters. The lowest BCUT2D eigenvalue weighted by atomic mass is 9.99. The third-order valence-corrected chi connectivity index (χ3v) is 2.02. The van der Waals surface area contributed by atoms with Crippen molar-refractivity contribution in [3.63, 3.8) is 0 Å². The Labute approximate surface area is 78.4 Å². The number of benzene rings is 1. The fraction of sp³-hybridized carbons (Fsp3) is 0.364. The monoisotopic (exact) mass is 175 g/mol. The van der Waals surface area contributed by atoms with E-state index in [1.165, 1.54) is 0 Å². The van der Waals surface area contributed by atoms with Crippen molar-refractivity contribution in [3.05, 3.63) is 35.4 Å². The molecule has 0 saturated carbocycles. The summed E-state index contributed by atoms with van der Waals surface area (Å²) in [6.07, 6.45) is -1.00. The lowest BCUT2D eigenvalue weighted by Crippen LogP contribution is -1.95. The zero-order valence-electron chi connectivity index (χ0n) is 7.86. The van der Waals surface area contributed by atoms with E-state index in [1.807, 2.05) is 18.2 Å². The number of rotatable bonds is 2. The molecule has 0 unspecified atom stereocenters. The van der Waals surface area contributed by atoms with Gasteiger partial charge in [-0.3, -0.25) is 0 Å². The summed E-state index contributed by atoms with van der Waals surface area (Å²) in [5.41, 5.74) is 1.82. The minimum Gasteiger partial charge on any atom is -0.374 e. The van der Waals surface area contributed by atoms with Crippen LogP contribution in [0, 0.1) is 11.3 Å². The van der Waals surface area contributed by atoms with Gasteiger partial charge in [0.1, 0.15) is 0 Å². The van der Waals surface area contributed by atoms with Crippen LogP contribution >= 0.6 is 0 Å². The minimum absolute atomic E-state index is 0.422. The Kier molecular flexibility index (Phi) is 3.05. The molecule has 0 aliphatic carbocycles. The molecule has 1 rings (SSSR count). The number of hydrogen-bond donors (Lipinski definition) is 1. The fourth-order valence-corrected chi connectivity index (χ4v) is 1.16. The lowest BCUT2D eigenvalue weighted by molar-refractivity contribution is 0.236. The summed E-state index contributed by atoms with van der Waals surface area (Å²) >= 11 is 0. The van der Waals surface area contributed by atoms with Crippen LogP contribution in [0.1, 0.15) is 37.0 Å². The highest BCUT2D eigenvalue weighted by Gasteiger charge is 2.06. The summed E-state index contributed by atoms with van der Waals surface area (Å²) in [6, 6.07) is 9.30.